The Morgan fingerprint density at radius 3 is 2.43 bits per heavy atom. The van der Waals surface area contributed by atoms with Gasteiger partial charge in [0.05, 0.1) is 5.56 Å². The summed E-state index contributed by atoms with van der Waals surface area (Å²) in [6.07, 6.45) is -3.63. The molecule has 0 unspecified atom stereocenters. The molecule has 0 spiro atoms. The van der Waals surface area contributed by atoms with Crippen LogP contribution in [-0.4, -0.2) is 57.0 Å². The summed E-state index contributed by atoms with van der Waals surface area (Å²) in [5, 5.41) is 12.2. The highest BCUT2D eigenvalue weighted by atomic mass is 19.4. The van der Waals surface area contributed by atoms with Crippen molar-refractivity contribution in [2.75, 3.05) is 13.1 Å². The van der Waals surface area contributed by atoms with Gasteiger partial charge in [0.2, 0.25) is 11.7 Å². The molecular weight excluding hydrogens is 479 g/mol. The number of amides is 2. The van der Waals surface area contributed by atoms with E-state index in [1.807, 2.05) is 0 Å². The number of aromatic nitrogens is 2. The van der Waals surface area contributed by atoms with Crippen LogP contribution in [0, 0.1) is 17.6 Å². The first-order chi connectivity index (χ1) is 16.4. The third-order valence-electron chi connectivity index (χ3n) is 5.48. The Morgan fingerprint density at radius 1 is 1.17 bits per heavy atom. The molecule has 2 N–H and O–H groups in total. The molecule has 35 heavy (non-hydrogen) atoms. The van der Waals surface area contributed by atoms with E-state index < -0.39 is 64.8 Å². The highest BCUT2D eigenvalue weighted by Gasteiger charge is 2.35. The van der Waals surface area contributed by atoms with Gasteiger partial charge in [0.1, 0.15) is 12.1 Å². The zero-order valence-corrected chi connectivity index (χ0v) is 18.8. The standard InChI is InChI=1S/C22H23F5N4O4/c1-11(2)17(30-19(33)13-3-4-14(23)16(24)18(13)32)20(34)31-9-6-12(7-10-31)35-21-28-8-5-15(29-21)22(25,26)27/h3-5,8,11-12,17,32H,6-7,9-10H2,1-2H3,(H,30,33)/t17-/m0/s1. The van der Waals surface area contributed by atoms with Gasteiger partial charge in [-0.25, -0.2) is 9.37 Å². The molecule has 0 radical (unpaired) electrons. The van der Waals surface area contributed by atoms with Crippen LogP contribution >= 0.6 is 0 Å². The lowest BCUT2D eigenvalue weighted by atomic mass is 9.99. The van der Waals surface area contributed by atoms with E-state index in [0.29, 0.717) is 6.07 Å². The lowest BCUT2D eigenvalue weighted by Crippen LogP contribution is -2.53. The highest BCUT2D eigenvalue weighted by molar-refractivity contribution is 5.99. The number of rotatable bonds is 6. The number of piperidine rings is 1. The molecule has 1 aromatic heterocycles. The smallest absolute Gasteiger partial charge is 0.433 e. The minimum atomic E-state index is -4.64. The lowest BCUT2D eigenvalue weighted by Gasteiger charge is -2.35. The maximum atomic E-state index is 13.6. The second kappa shape index (κ2) is 10.4. The number of nitrogens with one attached hydrogen (secondary N) is 1. The van der Waals surface area contributed by atoms with Crippen LogP contribution < -0.4 is 10.1 Å². The summed E-state index contributed by atoms with van der Waals surface area (Å²) < 4.78 is 70.8. The van der Waals surface area contributed by atoms with E-state index in [-0.39, 0.29) is 31.8 Å². The molecule has 0 saturated carbocycles. The van der Waals surface area contributed by atoms with E-state index in [0.717, 1.165) is 18.3 Å². The van der Waals surface area contributed by atoms with Crippen molar-refractivity contribution >= 4 is 11.8 Å². The van der Waals surface area contributed by atoms with Gasteiger partial charge in [0, 0.05) is 32.1 Å². The lowest BCUT2D eigenvalue weighted by molar-refractivity contribution is -0.142. The zero-order chi connectivity index (χ0) is 25.9. The third kappa shape index (κ3) is 6.14. The summed E-state index contributed by atoms with van der Waals surface area (Å²) in [6.45, 7) is 3.74. The van der Waals surface area contributed by atoms with Crippen LogP contribution in [0.2, 0.25) is 0 Å². The first-order valence-electron chi connectivity index (χ1n) is 10.7. The van der Waals surface area contributed by atoms with E-state index in [1.165, 1.54) is 4.90 Å². The summed E-state index contributed by atoms with van der Waals surface area (Å²) in [5.41, 5.74) is -1.65. The van der Waals surface area contributed by atoms with Crippen LogP contribution in [0.4, 0.5) is 22.0 Å². The summed E-state index contributed by atoms with van der Waals surface area (Å²) in [7, 11) is 0. The fourth-order valence-electron chi connectivity index (χ4n) is 3.55. The maximum Gasteiger partial charge on any atom is 0.433 e. The Hall–Kier alpha value is -3.51. The van der Waals surface area contributed by atoms with Gasteiger partial charge >= 0.3 is 12.2 Å². The number of likely N-dealkylation sites (tertiary alicyclic amines) is 1. The van der Waals surface area contributed by atoms with Crippen LogP contribution in [0.3, 0.4) is 0 Å². The van der Waals surface area contributed by atoms with Gasteiger partial charge in [-0.2, -0.15) is 22.5 Å². The number of aromatic hydroxyl groups is 1. The number of benzene rings is 1. The van der Waals surface area contributed by atoms with Crippen molar-refractivity contribution in [1.29, 1.82) is 0 Å². The fourth-order valence-corrected chi connectivity index (χ4v) is 3.55. The van der Waals surface area contributed by atoms with E-state index >= 15 is 0 Å². The van der Waals surface area contributed by atoms with E-state index in [4.69, 9.17) is 4.74 Å². The van der Waals surface area contributed by atoms with E-state index in [9.17, 15) is 36.6 Å². The molecule has 190 valence electrons. The van der Waals surface area contributed by atoms with E-state index in [1.54, 1.807) is 13.8 Å². The number of nitrogens with zero attached hydrogens (tertiary/aromatic N) is 3. The van der Waals surface area contributed by atoms with E-state index in [2.05, 4.69) is 15.3 Å². The number of hydrogen-bond donors (Lipinski definition) is 2. The number of phenols is 1. The second-order valence-corrected chi connectivity index (χ2v) is 8.32. The summed E-state index contributed by atoms with van der Waals surface area (Å²) in [5.74, 6) is -5.83. The molecule has 1 fully saturated rings. The Morgan fingerprint density at radius 2 is 1.83 bits per heavy atom. The number of alkyl halides is 3. The van der Waals surface area contributed by atoms with Crippen molar-refractivity contribution in [2.24, 2.45) is 5.92 Å². The zero-order valence-electron chi connectivity index (χ0n) is 18.8. The van der Waals surface area contributed by atoms with Gasteiger partial charge in [0.15, 0.2) is 17.3 Å². The van der Waals surface area contributed by atoms with Gasteiger partial charge in [-0.1, -0.05) is 13.8 Å². The van der Waals surface area contributed by atoms with Gasteiger partial charge in [-0.05, 0) is 24.1 Å². The molecule has 3 rings (SSSR count). The van der Waals surface area contributed by atoms with Crippen molar-refractivity contribution < 1.29 is 41.4 Å². The molecular formula is C22H23F5N4O4. The molecule has 8 nitrogen and oxygen atoms in total. The first kappa shape index (κ1) is 26.1. The van der Waals surface area contributed by atoms with Crippen molar-refractivity contribution in [3.8, 4) is 11.8 Å². The Bertz CT molecular complexity index is 1090. The molecule has 1 saturated heterocycles. The molecule has 2 amide bonds. The molecule has 0 bridgehead atoms. The highest BCUT2D eigenvalue weighted by Crippen LogP contribution is 2.28. The number of halogens is 5. The summed E-state index contributed by atoms with van der Waals surface area (Å²) in [6, 6.07) is 0.885. The molecule has 1 aromatic carbocycles. The Kier molecular flexibility index (Phi) is 7.76. The molecule has 2 heterocycles. The average Bonchev–Trinajstić information content (AvgIpc) is 2.80. The SMILES string of the molecule is CC(C)[C@H](NC(=O)c1ccc(F)c(F)c1O)C(=O)N1CCC(Oc2nccc(C(F)(F)F)n2)CC1. The van der Waals surface area contributed by atoms with Crippen molar-refractivity contribution in [2.45, 2.75) is 45.0 Å². The molecule has 2 aromatic rings. The summed E-state index contributed by atoms with van der Waals surface area (Å²) >= 11 is 0. The fraction of sp³-hybridized carbons (Fsp3) is 0.455. The maximum absolute atomic E-state index is 13.6. The van der Waals surface area contributed by atoms with Crippen LogP contribution in [0.5, 0.6) is 11.8 Å². The predicted molar refractivity (Wildman–Crippen MR) is 111 cm³/mol. The second-order valence-electron chi connectivity index (χ2n) is 8.32. The van der Waals surface area contributed by atoms with Crippen LogP contribution in [0.1, 0.15) is 42.7 Å². The minimum absolute atomic E-state index is 0.192. The number of phenolic OH excluding ortho intramolecular Hbond substituents is 1. The topological polar surface area (TPSA) is 105 Å². The summed E-state index contributed by atoms with van der Waals surface area (Å²) in [4.78, 5) is 34.1. The monoisotopic (exact) mass is 502 g/mol. The Balaban J connectivity index is 1.62. The predicted octanol–water partition coefficient (Wildman–Crippen LogP) is 3.30. The van der Waals surface area contributed by atoms with Crippen LogP contribution in [-0.2, 0) is 11.0 Å². The van der Waals surface area contributed by atoms with Gasteiger partial charge < -0.3 is 20.1 Å². The molecule has 1 aliphatic rings. The normalized spacial score (nSPS) is 15.7. The third-order valence-corrected chi connectivity index (χ3v) is 5.48. The molecule has 1 aliphatic heterocycles. The van der Waals surface area contributed by atoms with Gasteiger partial charge in [0.25, 0.3) is 5.91 Å². The van der Waals surface area contributed by atoms with Crippen LogP contribution in [0.15, 0.2) is 24.4 Å². The average molecular weight is 502 g/mol. The van der Waals surface area contributed by atoms with Crippen molar-refractivity contribution in [3.05, 3.63) is 47.3 Å². The van der Waals surface area contributed by atoms with Crippen LogP contribution in [0.25, 0.3) is 0 Å². The molecule has 0 aliphatic carbocycles. The number of hydrogen-bond acceptors (Lipinski definition) is 6. The Labute approximate surface area is 197 Å². The number of carbonyl (C=O) groups is 2. The number of ether oxygens (including phenoxy) is 1. The quantitative estimate of drug-likeness (QED) is 0.588. The minimum Gasteiger partial charge on any atom is -0.504 e. The van der Waals surface area contributed by atoms with Crippen molar-refractivity contribution in [1.82, 2.24) is 20.2 Å². The van der Waals surface area contributed by atoms with Gasteiger partial charge in [-0.15, -0.1) is 0 Å². The number of carbonyl (C=O) groups excluding carboxylic acids is 2. The van der Waals surface area contributed by atoms with Gasteiger partial charge in [-0.3, -0.25) is 9.59 Å². The first-order valence-corrected chi connectivity index (χ1v) is 10.7. The molecule has 1 atom stereocenters. The van der Waals surface area contributed by atoms with Crippen molar-refractivity contribution in [3.63, 3.8) is 0 Å². The largest absolute Gasteiger partial charge is 0.504 e. The molecule has 13 heteroatoms.